The minimum Gasteiger partial charge on any atom is -0.323 e. The standard InChI is InChI=1S/C15H16BrN3O/c1-9-6-7-12(19-17)11(8-9)15(20)18-13-5-3-4-10(2)14(13)16/h3-8,19H,17H2,1-2H3,(H,18,20). The number of carbonyl (C=O) groups excluding carboxylic acids is 1. The highest BCUT2D eigenvalue weighted by Crippen LogP contribution is 2.27. The Morgan fingerprint density at radius 1 is 1.15 bits per heavy atom. The number of anilines is 2. The summed E-state index contributed by atoms with van der Waals surface area (Å²) in [7, 11) is 0. The molecule has 4 N–H and O–H groups in total. The van der Waals surface area contributed by atoms with Gasteiger partial charge in [0, 0.05) is 4.47 Å². The van der Waals surface area contributed by atoms with Gasteiger partial charge in [0.25, 0.3) is 5.91 Å². The molecule has 0 saturated carbocycles. The maximum absolute atomic E-state index is 12.4. The fourth-order valence-corrected chi connectivity index (χ4v) is 2.27. The molecule has 0 aliphatic carbocycles. The molecule has 1 amide bonds. The van der Waals surface area contributed by atoms with Crippen LogP contribution in [0.1, 0.15) is 21.5 Å². The number of halogens is 1. The van der Waals surface area contributed by atoms with Crippen LogP contribution in [0.25, 0.3) is 0 Å². The van der Waals surface area contributed by atoms with Gasteiger partial charge in [-0.1, -0.05) is 23.8 Å². The third kappa shape index (κ3) is 3.00. The number of benzene rings is 2. The van der Waals surface area contributed by atoms with Crippen molar-refractivity contribution in [3.8, 4) is 0 Å². The number of nitrogens with two attached hydrogens (primary N) is 1. The number of carbonyl (C=O) groups is 1. The lowest BCUT2D eigenvalue weighted by molar-refractivity contribution is 0.102. The molecule has 4 nitrogen and oxygen atoms in total. The van der Waals surface area contributed by atoms with Crippen molar-refractivity contribution >= 4 is 33.2 Å². The van der Waals surface area contributed by atoms with Crippen molar-refractivity contribution in [3.63, 3.8) is 0 Å². The molecule has 2 aromatic carbocycles. The van der Waals surface area contributed by atoms with Crippen molar-refractivity contribution in [2.24, 2.45) is 5.84 Å². The SMILES string of the molecule is Cc1ccc(NN)c(C(=O)Nc2cccc(C)c2Br)c1. The van der Waals surface area contributed by atoms with E-state index in [9.17, 15) is 4.79 Å². The Morgan fingerprint density at radius 3 is 2.60 bits per heavy atom. The molecule has 20 heavy (non-hydrogen) atoms. The van der Waals surface area contributed by atoms with E-state index >= 15 is 0 Å². The van der Waals surface area contributed by atoms with Crippen LogP contribution in [0.4, 0.5) is 11.4 Å². The van der Waals surface area contributed by atoms with Crippen molar-refractivity contribution < 1.29 is 4.79 Å². The monoisotopic (exact) mass is 333 g/mol. The number of hydrogen-bond donors (Lipinski definition) is 3. The van der Waals surface area contributed by atoms with Crippen LogP contribution >= 0.6 is 15.9 Å². The van der Waals surface area contributed by atoms with Crippen LogP contribution in [-0.2, 0) is 0 Å². The van der Waals surface area contributed by atoms with E-state index < -0.39 is 0 Å². The predicted molar refractivity (Wildman–Crippen MR) is 85.8 cm³/mol. The highest BCUT2D eigenvalue weighted by molar-refractivity contribution is 9.10. The van der Waals surface area contributed by atoms with Gasteiger partial charge in [0.05, 0.1) is 16.9 Å². The molecule has 0 spiro atoms. The van der Waals surface area contributed by atoms with Gasteiger partial charge in [-0.25, -0.2) is 0 Å². The number of hydrogen-bond acceptors (Lipinski definition) is 3. The van der Waals surface area contributed by atoms with E-state index in [1.807, 2.05) is 38.1 Å². The highest BCUT2D eigenvalue weighted by Gasteiger charge is 2.13. The molecule has 0 heterocycles. The lowest BCUT2D eigenvalue weighted by atomic mass is 10.1. The predicted octanol–water partition coefficient (Wildman–Crippen LogP) is 3.60. The summed E-state index contributed by atoms with van der Waals surface area (Å²) < 4.78 is 0.878. The van der Waals surface area contributed by atoms with Gasteiger partial charge in [0.2, 0.25) is 0 Å². The Hall–Kier alpha value is -1.85. The average Bonchev–Trinajstić information content (AvgIpc) is 2.43. The number of nitrogens with one attached hydrogen (secondary N) is 2. The zero-order valence-corrected chi connectivity index (χ0v) is 12.9. The molecule has 0 radical (unpaired) electrons. The van der Waals surface area contributed by atoms with E-state index in [-0.39, 0.29) is 5.91 Å². The van der Waals surface area contributed by atoms with E-state index in [0.29, 0.717) is 11.3 Å². The van der Waals surface area contributed by atoms with Crippen LogP contribution in [-0.4, -0.2) is 5.91 Å². The molecule has 0 aliphatic heterocycles. The van der Waals surface area contributed by atoms with Gasteiger partial charge >= 0.3 is 0 Å². The summed E-state index contributed by atoms with van der Waals surface area (Å²) in [5.74, 6) is 5.25. The van der Waals surface area contributed by atoms with Crippen LogP contribution in [0, 0.1) is 13.8 Å². The first-order valence-corrected chi connectivity index (χ1v) is 6.96. The number of hydrazine groups is 1. The minimum absolute atomic E-state index is 0.201. The van der Waals surface area contributed by atoms with Crippen molar-refractivity contribution in [1.82, 2.24) is 0 Å². The number of nitrogen functional groups attached to an aromatic ring is 1. The van der Waals surface area contributed by atoms with Gasteiger partial charge in [-0.3, -0.25) is 10.6 Å². The largest absolute Gasteiger partial charge is 0.323 e. The maximum Gasteiger partial charge on any atom is 0.257 e. The van der Waals surface area contributed by atoms with Crippen LogP contribution in [0.3, 0.4) is 0 Å². The van der Waals surface area contributed by atoms with E-state index in [0.717, 1.165) is 21.3 Å². The number of aryl methyl sites for hydroxylation is 2. The van der Waals surface area contributed by atoms with E-state index in [1.54, 1.807) is 12.1 Å². The Balaban J connectivity index is 2.33. The first kappa shape index (κ1) is 14.6. The molecule has 0 atom stereocenters. The maximum atomic E-state index is 12.4. The van der Waals surface area contributed by atoms with Crippen LogP contribution < -0.4 is 16.6 Å². The second kappa shape index (κ2) is 6.07. The Morgan fingerprint density at radius 2 is 1.90 bits per heavy atom. The van der Waals surface area contributed by atoms with Crippen molar-refractivity contribution in [2.75, 3.05) is 10.7 Å². The molecular weight excluding hydrogens is 318 g/mol. The smallest absolute Gasteiger partial charge is 0.257 e. The van der Waals surface area contributed by atoms with Crippen LogP contribution in [0.2, 0.25) is 0 Å². The molecule has 0 unspecified atom stereocenters. The average molecular weight is 334 g/mol. The second-order valence-corrected chi connectivity index (χ2v) is 5.38. The Labute approximate surface area is 126 Å². The summed E-state index contributed by atoms with van der Waals surface area (Å²) in [6.07, 6.45) is 0. The van der Waals surface area contributed by atoms with Crippen molar-refractivity contribution in [2.45, 2.75) is 13.8 Å². The lowest BCUT2D eigenvalue weighted by Gasteiger charge is -2.12. The molecular formula is C15H16BrN3O. The van der Waals surface area contributed by atoms with Crippen LogP contribution in [0.15, 0.2) is 40.9 Å². The van der Waals surface area contributed by atoms with E-state index in [4.69, 9.17) is 5.84 Å². The zero-order valence-electron chi connectivity index (χ0n) is 11.3. The lowest BCUT2D eigenvalue weighted by Crippen LogP contribution is -2.17. The summed E-state index contributed by atoms with van der Waals surface area (Å²) >= 11 is 3.48. The topological polar surface area (TPSA) is 67.1 Å². The molecule has 2 aromatic rings. The zero-order chi connectivity index (χ0) is 14.7. The Bertz CT molecular complexity index is 656. The highest BCUT2D eigenvalue weighted by atomic mass is 79.9. The summed E-state index contributed by atoms with van der Waals surface area (Å²) in [5, 5.41) is 2.89. The molecule has 0 aromatic heterocycles. The van der Waals surface area contributed by atoms with Gasteiger partial charge in [-0.15, -0.1) is 0 Å². The molecule has 0 bridgehead atoms. The quantitative estimate of drug-likeness (QED) is 0.593. The van der Waals surface area contributed by atoms with E-state index in [2.05, 4.69) is 26.7 Å². The van der Waals surface area contributed by atoms with E-state index in [1.165, 1.54) is 0 Å². The summed E-state index contributed by atoms with van der Waals surface area (Å²) in [5.41, 5.74) is 6.44. The first-order valence-electron chi connectivity index (χ1n) is 6.16. The normalized spacial score (nSPS) is 10.2. The molecule has 2 rings (SSSR count). The van der Waals surface area contributed by atoms with Gasteiger partial charge in [-0.2, -0.15) is 0 Å². The Kier molecular flexibility index (Phi) is 4.42. The second-order valence-electron chi connectivity index (χ2n) is 4.58. The van der Waals surface area contributed by atoms with Gasteiger partial charge < -0.3 is 10.7 Å². The van der Waals surface area contributed by atoms with Gasteiger partial charge in [-0.05, 0) is 53.5 Å². The summed E-state index contributed by atoms with van der Waals surface area (Å²) in [4.78, 5) is 12.4. The third-order valence-electron chi connectivity index (χ3n) is 3.02. The fraction of sp³-hybridized carbons (Fsp3) is 0.133. The number of rotatable bonds is 3. The van der Waals surface area contributed by atoms with Gasteiger partial charge in [0.1, 0.15) is 0 Å². The molecule has 104 valence electrons. The van der Waals surface area contributed by atoms with Crippen molar-refractivity contribution in [1.29, 1.82) is 0 Å². The first-order chi connectivity index (χ1) is 9.52. The summed E-state index contributed by atoms with van der Waals surface area (Å²) in [6.45, 7) is 3.90. The molecule has 0 aliphatic rings. The third-order valence-corrected chi connectivity index (χ3v) is 4.07. The van der Waals surface area contributed by atoms with Gasteiger partial charge in [0.15, 0.2) is 0 Å². The molecule has 5 heteroatoms. The molecule has 0 saturated heterocycles. The summed E-state index contributed by atoms with van der Waals surface area (Å²) in [6, 6.07) is 11.2. The minimum atomic E-state index is -0.201. The van der Waals surface area contributed by atoms with Crippen molar-refractivity contribution in [3.05, 3.63) is 57.6 Å². The number of amides is 1. The molecule has 0 fully saturated rings. The fourth-order valence-electron chi connectivity index (χ4n) is 1.91. The van der Waals surface area contributed by atoms with Crippen LogP contribution in [0.5, 0.6) is 0 Å².